The molecule has 1 aromatic carbocycles. The molecule has 1 aromatic rings. The van der Waals surface area contributed by atoms with Crippen LogP contribution < -0.4 is 0 Å². The monoisotopic (exact) mass is 242 g/mol. The fourth-order valence-electron chi connectivity index (χ4n) is 0.986. The van der Waals surface area contributed by atoms with Gasteiger partial charge in [0, 0.05) is 0 Å². The number of ether oxygens (including phenoxy) is 1. The molecule has 0 saturated carbocycles. The smallest absolute Gasteiger partial charge is 0.338 e. The number of aryl methyl sites for hydroxylation is 1. The number of hydrogen-bond donors (Lipinski definition) is 0. The van der Waals surface area contributed by atoms with E-state index in [2.05, 4.69) is 0 Å². The van der Waals surface area contributed by atoms with Crippen LogP contribution in [0.5, 0.6) is 0 Å². The molecule has 0 aliphatic rings. The maximum atomic E-state index is 12.8. The van der Waals surface area contributed by atoms with E-state index in [0.717, 1.165) is 0 Å². The maximum absolute atomic E-state index is 12.8. The Labute approximate surface area is 104 Å². The zero-order valence-corrected chi connectivity index (χ0v) is 11.6. The lowest BCUT2D eigenvalue weighted by Crippen LogP contribution is -2.05. The van der Waals surface area contributed by atoms with E-state index in [-0.39, 0.29) is 5.82 Å². The topological polar surface area (TPSA) is 26.3 Å². The van der Waals surface area contributed by atoms with Gasteiger partial charge in [0.05, 0.1) is 12.2 Å². The zero-order valence-electron chi connectivity index (χ0n) is 11.6. The molecule has 0 amide bonds. The third kappa shape index (κ3) is 6.72. The van der Waals surface area contributed by atoms with Gasteiger partial charge < -0.3 is 4.74 Å². The second-order valence-corrected chi connectivity index (χ2v) is 2.68. The minimum Gasteiger partial charge on any atom is -0.462 e. The number of carbonyl (C=O) groups is 1. The van der Waals surface area contributed by atoms with Crippen molar-refractivity contribution in [2.45, 2.75) is 41.5 Å². The molecule has 2 nitrogen and oxygen atoms in total. The van der Waals surface area contributed by atoms with Crippen molar-refractivity contribution >= 4 is 5.97 Å². The van der Waals surface area contributed by atoms with Gasteiger partial charge in [0.15, 0.2) is 0 Å². The van der Waals surface area contributed by atoms with Gasteiger partial charge in [-0.15, -0.1) is 0 Å². The van der Waals surface area contributed by atoms with Gasteiger partial charge in [0.25, 0.3) is 0 Å². The Bertz CT molecular complexity index is 322. The number of carbonyl (C=O) groups excluding carboxylic acids is 1. The van der Waals surface area contributed by atoms with E-state index in [0.29, 0.717) is 17.7 Å². The molecule has 17 heavy (non-hydrogen) atoms. The van der Waals surface area contributed by atoms with Crippen LogP contribution in [0.15, 0.2) is 18.2 Å². The van der Waals surface area contributed by atoms with Gasteiger partial charge in [-0.1, -0.05) is 27.7 Å². The minimum absolute atomic E-state index is 0.312. The summed E-state index contributed by atoms with van der Waals surface area (Å²) in [6, 6.07) is 4.16. The SMILES string of the molecule is CC.CC.CCOC(=O)c1ccc(F)c(C)c1. The molecule has 0 spiro atoms. The van der Waals surface area contributed by atoms with Crippen LogP contribution in [0.3, 0.4) is 0 Å². The highest BCUT2D eigenvalue weighted by Crippen LogP contribution is 2.09. The molecule has 0 aromatic heterocycles. The molecule has 0 atom stereocenters. The summed E-state index contributed by atoms with van der Waals surface area (Å²) >= 11 is 0. The highest BCUT2D eigenvalue weighted by molar-refractivity contribution is 5.89. The average molecular weight is 242 g/mol. The Balaban J connectivity index is 0. The Morgan fingerprint density at radius 2 is 1.76 bits per heavy atom. The van der Waals surface area contributed by atoms with E-state index in [1.54, 1.807) is 13.8 Å². The predicted octanol–water partition coefficient (Wildman–Crippen LogP) is 4.36. The molecule has 98 valence electrons. The molecule has 0 aliphatic heterocycles. The van der Waals surface area contributed by atoms with Crippen LogP contribution in [0.2, 0.25) is 0 Å². The summed E-state index contributed by atoms with van der Waals surface area (Å²) in [5, 5.41) is 0. The van der Waals surface area contributed by atoms with E-state index >= 15 is 0 Å². The van der Waals surface area contributed by atoms with Crippen molar-refractivity contribution in [3.05, 3.63) is 35.1 Å². The fraction of sp³-hybridized carbons (Fsp3) is 0.500. The van der Waals surface area contributed by atoms with Crippen molar-refractivity contribution in [3.63, 3.8) is 0 Å². The van der Waals surface area contributed by atoms with E-state index in [9.17, 15) is 9.18 Å². The van der Waals surface area contributed by atoms with Gasteiger partial charge in [-0.05, 0) is 37.6 Å². The molecule has 0 saturated heterocycles. The first-order valence-corrected chi connectivity index (χ1v) is 6.08. The Hall–Kier alpha value is -1.38. The van der Waals surface area contributed by atoms with Gasteiger partial charge in [-0.25, -0.2) is 9.18 Å². The molecule has 0 heterocycles. The molecular formula is C14H23FO2. The zero-order chi connectivity index (χ0) is 13.8. The molecule has 3 heteroatoms. The third-order valence-corrected chi connectivity index (χ3v) is 1.67. The van der Waals surface area contributed by atoms with Crippen LogP contribution in [0.25, 0.3) is 0 Å². The molecule has 0 N–H and O–H groups in total. The lowest BCUT2D eigenvalue weighted by atomic mass is 10.1. The summed E-state index contributed by atoms with van der Waals surface area (Å²) in [6.07, 6.45) is 0. The van der Waals surface area contributed by atoms with Crippen LogP contribution >= 0.6 is 0 Å². The second kappa shape index (κ2) is 11.1. The number of esters is 1. The first-order chi connectivity index (χ1) is 8.15. The standard InChI is InChI=1S/C10H11FO2.2C2H6/c1-3-13-10(12)8-4-5-9(11)7(2)6-8;2*1-2/h4-6H,3H2,1-2H3;2*1-2H3. The van der Waals surface area contributed by atoms with E-state index in [4.69, 9.17) is 4.74 Å². The Morgan fingerprint density at radius 1 is 1.24 bits per heavy atom. The summed E-state index contributed by atoms with van der Waals surface area (Å²) in [4.78, 5) is 11.2. The van der Waals surface area contributed by atoms with Crippen LogP contribution in [-0.2, 0) is 4.74 Å². The Morgan fingerprint density at radius 3 is 2.18 bits per heavy atom. The predicted molar refractivity (Wildman–Crippen MR) is 69.8 cm³/mol. The van der Waals surface area contributed by atoms with Gasteiger partial charge >= 0.3 is 5.97 Å². The highest BCUT2D eigenvalue weighted by atomic mass is 19.1. The van der Waals surface area contributed by atoms with Crippen LogP contribution in [-0.4, -0.2) is 12.6 Å². The summed E-state index contributed by atoms with van der Waals surface area (Å²) in [5.41, 5.74) is 0.839. The number of rotatable bonds is 2. The van der Waals surface area contributed by atoms with Gasteiger partial charge in [0.2, 0.25) is 0 Å². The molecule has 1 rings (SSSR count). The third-order valence-electron chi connectivity index (χ3n) is 1.67. The number of hydrogen-bond acceptors (Lipinski definition) is 2. The summed E-state index contributed by atoms with van der Waals surface area (Å²) < 4.78 is 17.6. The molecule has 0 radical (unpaired) electrons. The molecule has 0 fully saturated rings. The van der Waals surface area contributed by atoms with Crippen molar-refractivity contribution in [3.8, 4) is 0 Å². The lowest BCUT2D eigenvalue weighted by Gasteiger charge is -2.02. The maximum Gasteiger partial charge on any atom is 0.338 e. The number of benzene rings is 1. The summed E-state index contributed by atoms with van der Waals surface area (Å²) in [6.45, 7) is 11.7. The van der Waals surface area contributed by atoms with E-state index in [1.165, 1.54) is 18.2 Å². The summed E-state index contributed by atoms with van der Waals surface area (Å²) in [5.74, 6) is -0.723. The van der Waals surface area contributed by atoms with Crippen molar-refractivity contribution in [1.82, 2.24) is 0 Å². The minimum atomic E-state index is -0.411. The van der Waals surface area contributed by atoms with Crippen molar-refractivity contribution in [1.29, 1.82) is 0 Å². The first-order valence-electron chi connectivity index (χ1n) is 6.08. The van der Waals surface area contributed by atoms with Crippen molar-refractivity contribution in [2.75, 3.05) is 6.61 Å². The van der Waals surface area contributed by atoms with E-state index in [1.807, 2.05) is 27.7 Å². The molecule has 0 aliphatic carbocycles. The van der Waals surface area contributed by atoms with Gasteiger partial charge in [-0.2, -0.15) is 0 Å². The van der Waals surface area contributed by atoms with Crippen molar-refractivity contribution in [2.24, 2.45) is 0 Å². The highest BCUT2D eigenvalue weighted by Gasteiger charge is 2.07. The van der Waals surface area contributed by atoms with Crippen LogP contribution in [0.4, 0.5) is 4.39 Å². The van der Waals surface area contributed by atoms with E-state index < -0.39 is 5.97 Å². The van der Waals surface area contributed by atoms with Crippen molar-refractivity contribution < 1.29 is 13.9 Å². The fourth-order valence-corrected chi connectivity index (χ4v) is 0.986. The summed E-state index contributed by atoms with van der Waals surface area (Å²) in [7, 11) is 0. The van der Waals surface area contributed by atoms with Crippen LogP contribution in [0.1, 0.15) is 50.5 Å². The molecule has 0 unspecified atom stereocenters. The van der Waals surface area contributed by atoms with Crippen LogP contribution in [0, 0.1) is 12.7 Å². The number of halogens is 1. The second-order valence-electron chi connectivity index (χ2n) is 2.68. The quantitative estimate of drug-likeness (QED) is 0.720. The Kier molecular flexibility index (Phi) is 11.8. The normalized spacial score (nSPS) is 8.18. The molecular weight excluding hydrogens is 219 g/mol. The lowest BCUT2D eigenvalue weighted by molar-refractivity contribution is 0.0526. The van der Waals surface area contributed by atoms with Gasteiger partial charge in [-0.3, -0.25) is 0 Å². The average Bonchev–Trinajstić information content (AvgIpc) is 2.38. The van der Waals surface area contributed by atoms with Gasteiger partial charge in [0.1, 0.15) is 5.82 Å². The first kappa shape index (κ1) is 18.0. The molecule has 0 bridgehead atoms. The largest absolute Gasteiger partial charge is 0.462 e.